The summed E-state index contributed by atoms with van der Waals surface area (Å²) in [5.41, 5.74) is 0.0423. The first-order chi connectivity index (χ1) is 8.50. The third-order valence-electron chi connectivity index (χ3n) is 3.14. The van der Waals surface area contributed by atoms with Gasteiger partial charge in [0.15, 0.2) is 0 Å². The number of hydrogen-bond donors (Lipinski definition) is 1. The number of rotatable bonds is 2. The molecule has 1 heterocycles. The van der Waals surface area contributed by atoms with Crippen molar-refractivity contribution in [2.45, 2.75) is 12.5 Å². The Hall–Kier alpha value is -0.650. The van der Waals surface area contributed by atoms with E-state index < -0.39 is 5.82 Å². The topological polar surface area (TPSA) is 32.3 Å². The average molecular weight is 336 g/mol. The van der Waals surface area contributed by atoms with Crippen LogP contribution in [-0.4, -0.2) is 37.0 Å². The number of benzene rings is 1. The maximum Gasteiger partial charge on any atom is 0.256 e. The van der Waals surface area contributed by atoms with E-state index in [0.717, 1.165) is 25.6 Å². The van der Waals surface area contributed by atoms with Gasteiger partial charge < -0.3 is 10.2 Å². The molecule has 0 bridgehead atoms. The van der Waals surface area contributed by atoms with E-state index in [0.29, 0.717) is 4.47 Å². The predicted molar refractivity (Wildman–Crippen MR) is 72.5 cm³/mol. The number of amides is 1. The fourth-order valence-corrected chi connectivity index (χ4v) is 2.51. The molecular formula is C12H13BrClFN2O. The van der Waals surface area contributed by atoms with Gasteiger partial charge in [-0.15, -0.1) is 0 Å². The van der Waals surface area contributed by atoms with E-state index >= 15 is 0 Å². The molecule has 1 aromatic carbocycles. The van der Waals surface area contributed by atoms with Gasteiger partial charge in [0.2, 0.25) is 0 Å². The third-order valence-corrected chi connectivity index (χ3v) is 4.34. The largest absolute Gasteiger partial charge is 0.337 e. The molecule has 6 heteroatoms. The Bertz CT molecular complexity index is 477. The highest BCUT2D eigenvalue weighted by atomic mass is 79.9. The Labute approximate surface area is 118 Å². The van der Waals surface area contributed by atoms with Crippen molar-refractivity contribution in [3.63, 3.8) is 0 Å². The summed E-state index contributed by atoms with van der Waals surface area (Å²) < 4.78 is 14.3. The molecule has 1 N–H and O–H groups in total. The molecule has 18 heavy (non-hydrogen) atoms. The number of likely N-dealkylation sites (N-methyl/N-ethyl adjacent to an activating group) is 1. The van der Waals surface area contributed by atoms with Crippen molar-refractivity contribution in [1.29, 1.82) is 0 Å². The first-order valence-electron chi connectivity index (χ1n) is 5.63. The monoisotopic (exact) mass is 334 g/mol. The summed E-state index contributed by atoms with van der Waals surface area (Å²) in [6.07, 6.45) is 0.888. The molecule has 0 unspecified atom stereocenters. The molecule has 1 aliphatic rings. The lowest BCUT2D eigenvalue weighted by Gasteiger charge is -2.24. The molecule has 98 valence electrons. The molecule has 1 amide bonds. The second-order valence-corrected chi connectivity index (χ2v) is 5.57. The average Bonchev–Trinajstić information content (AvgIpc) is 2.85. The summed E-state index contributed by atoms with van der Waals surface area (Å²) in [5, 5.41) is 3.44. The van der Waals surface area contributed by atoms with Gasteiger partial charge in [-0.3, -0.25) is 4.79 Å². The van der Waals surface area contributed by atoms with Gasteiger partial charge in [0.25, 0.3) is 5.91 Å². The minimum absolute atomic E-state index is 0.0423. The Morgan fingerprint density at radius 2 is 2.33 bits per heavy atom. The zero-order chi connectivity index (χ0) is 13.3. The Morgan fingerprint density at radius 3 is 2.94 bits per heavy atom. The van der Waals surface area contributed by atoms with Crippen molar-refractivity contribution in [3.05, 3.63) is 33.0 Å². The van der Waals surface area contributed by atoms with Crippen LogP contribution in [0.3, 0.4) is 0 Å². The van der Waals surface area contributed by atoms with Crippen molar-refractivity contribution < 1.29 is 9.18 Å². The van der Waals surface area contributed by atoms with Crippen LogP contribution in [0.15, 0.2) is 16.6 Å². The summed E-state index contributed by atoms with van der Waals surface area (Å²) >= 11 is 8.97. The van der Waals surface area contributed by atoms with E-state index in [1.54, 1.807) is 11.9 Å². The minimum Gasteiger partial charge on any atom is -0.337 e. The predicted octanol–water partition coefficient (Wildman–Crippen LogP) is 2.68. The van der Waals surface area contributed by atoms with Crippen LogP contribution in [0.2, 0.25) is 5.02 Å². The van der Waals surface area contributed by atoms with Crippen molar-refractivity contribution in [2.24, 2.45) is 0 Å². The molecule has 1 saturated heterocycles. The van der Waals surface area contributed by atoms with Crippen molar-refractivity contribution in [1.82, 2.24) is 10.2 Å². The Morgan fingerprint density at radius 1 is 1.61 bits per heavy atom. The molecule has 0 saturated carbocycles. The Balaban J connectivity index is 2.25. The molecule has 0 radical (unpaired) electrons. The van der Waals surface area contributed by atoms with E-state index in [2.05, 4.69) is 21.2 Å². The molecule has 1 aromatic rings. The van der Waals surface area contributed by atoms with Gasteiger partial charge in [0.1, 0.15) is 5.82 Å². The van der Waals surface area contributed by atoms with Crippen LogP contribution in [0.1, 0.15) is 16.8 Å². The highest BCUT2D eigenvalue weighted by Gasteiger charge is 2.26. The molecule has 0 spiro atoms. The smallest absolute Gasteiger partial charge is 0.256 e. The standard InChI is InChI=1S/C12H13BrClFN2O/c1-17(7-2-3-16-6-7)12(18)8-4-9(13)10(14)5-11(8)15/h4-5,7,16H,2-3,6H2,1H3/t7-/m1/s1. The van der Waals surface area contributed by atoms with Gasteiger partial charge >= 0.3 is 0 Å². The lowest BCUT2D eigenvalue weighted by atomic mass is 10.1. The number of hydrogen-bond acceptors (Lipinski definition) is 2. The first-order valence-corrected chi connectivity index (χ1v) is 6.80. The van der Waals surface area contributed by atoms with Crippen LogP contribution in [0.25, 0.3) is 0 Å². The molecule has 2 rings (SSSR count). The molecule has 1 atom stereocenters. The van der Waals surface area contributed by atoms with E-state index in [9.17, 15) is 9.18 Å². The van der Waals surface area contributed by atoms with Crippen molar-refractivity contribution in [2.75, 3.05) is 20.1 Å². The first kappa shape index (κ1) is 13.8. The summed E-state index contributed by atoms with van der Waals surface area (Å²) in [6, 6.07) is 2.70. The van der Waals surface area contributed by atoms with Crippen LogP contribution >= 0.6 is 27.5 Å². The van der Waals surface area contributed by atoms with Crippen LogP contribution in [-0.2, 0) is 0 Å². The van der Waals surface area contributed by atoms with Gasteiger partial charge in [-0.2, -0.15) is 0 Å². The lowest BCUT2D eigenvalue weighted by molar-refractivity contribution is 0.0739. The van der Waals surface area contributed by atoms with E-state index in [4.69, 9.17) is 11.6 Å². The fraction of sp³-hybridized carbons (Fsp3) is 0.417. The second kappa shape index (κ2) is 5.55. The molecule has 0 aromatic heterocycles. The molecule has 0 aliphatic carbocycles. The number of halogens is 3. The third kappa shape index (κ3) is 2.68. The highest BCUT2D eigenvalue weighted by Crippen LogP contribution is 2.26. The van der Waals surface area contributed by atoms with Crippen LogP contribution < -0.4 is 5.32 Å². The highest BCUT2D eigenvalue weighted by molar-refractivity contribution is 9.10. The lowest BCUT2D eigenvalue weighted by Crippen LogP contribution is -2.38. The van der Waals surface area contributed by atoms with Crippen LogP contribution in [0, 0.1) is 5.82 Å². The minimum atomic E-state index is -0.592. The molecule has 1 aliphatic heterocycles. The van der Waals surface area contributed by atoms with Crippen molar-refractivity contribution in [3.8, 4) is 0 Å². The number of carbonyl (C=O) groups is 1. The van der Waals surface area contributed by atoms with E-state index in [1.165, 1.54) is 6.07 Å². The number of nitrogens with zero attached hydrogens (tertiary/aromatic N) is 1. The Kier molecular flexibility index (Phi) is 4.25. The summed E-state index contributed by atoms with van der Waals surface area (Å²) in [5.74, 6) is -0.912. The van der Waals surface area contributed by atoms with E-state index in [-0.39, 0.29) is 22.5 Å². The normalized spacial score (nSPS) is 19.0. The number of nitrogens with one attached hydrogen (secondary N) is 1. The summed E-state index contributed by atoms with van der Waals surface area (Å²) in [7, 11) is 1.70. The molecule has 1 fully saturated rings. The maximum atomic E-state index is 13.8. The zero-order valence-electron chi connectivity index (χ0n) is 9.84. The van der Waals surface area contributed by atoms with Gasteiger partial charge in [0.05, 0.1) is 10.6 Å². The molecule has 3 nitrogen and oxygen atoms in total. The van der Waals surface area contributed by atoms with Gasteiger partial charge in [-0.05, 0) is 41.0 Å². The summed E-state index contributed by atoms with van der Waals surface area (Å²) in [6.45, 7) is 1.63. The quantitative estimate of drug-likeness (QED) is 0.843. The SMILES string of the molecule is CN(C(=O)c1cc(Br)c(Cl)cc1F)[C@@H]1CCNC1. The van der Waals surface area contributed by atoms with Gasteiger partial charge in [0, 0.05) is 24.1 Å². The number of carbonyl (C=O) groups excluding carboxylic acids is 1. The summed E-state index contributed by atoms with van der Waals surface area (Å²) in [4.78, 5) is 13.8. The van der Waals surface area contributed by atoms with Crippen molar-refractivity contribution >= 4 is 33.4 Å². The molecular weight excluding hydrogens is 323 g/mol. The van der Waals surface area contributed by atoms with Gasteiger partial charge in [-0.1, -0.05) is 11.6 Å². The fourth-order valence-electron chi connectivity index (χ4n) is 2.01. The van der Waals surface area contributed by atoms with Crippen LogP contribution in [0.4, 0.5) is 4.39 Å². The second-order valence-electron chi connectivity index (χ2n) is 4.31. The van der Waals surface area contributed by atoms with Crippen LogP contribution in [0.5, 0.6) is 0 Å². The zero-order valence-corrected chi connectivity index (χ0v) is 12.2. The van der Waals surface area contributed by atoms with Gasteiger partial charge in [-0.25, -0.2) is 4.39 Å². The van der Waals surface area contributed by atoms with E-state index in [1.807, 2.05) is 0 Å². The maximum absolute atomic E-state index is 13.8.